The normalized spacial score (nSPS) is 12.6. The van der Waals surface area contributed by atoms with Crippen molar-refractivity contribution in [3.8, 4) is 0 Å². The molecule has 2 aromatic rings. The Morgan fingerprint density at radius 3 is 2.72 bits per heavy atom. The van der Waals surface area contributed by atoms with E-state index < -0.39 is 12.0 Å². The number of nitrogens with zero attached hydrogens (tertiary/aromatic N) is 1. The molecule has 0 saturated heterocycles. The molecule has 0 radical (unpaired) electrons. The monoisotopic (exact) mass is 246 g/mol. The highest BCUT2D eigenvalue weighted by molar-refractivity contribution is 5.82. The molecule has 1 heterocycles. The van der Waals surface area contributed by atoms with Gasteiger partial charge in [-0.25, -0.2) is 0 Å². The minimum Gasteiger partial charge on any atom is -0.480 e. The van der Waals surface area contributed by atoms with Crippen LogP contribution in [0.15, 0.2) is 35.1 Å². The molecule has 5 heteroatoms. The predicted octanol–water partition coefficient (Wildman–Crippen LogP) is 1.11. The maximum Gasteiger partial charge on any atom is 0.325 e. The van der Waals surface area contributed by atoms with E-state index >= 15 is 0 Å². The number of carboxylic acid groups (broad SMARTS) is 1. The van der Waals surface area contributed by atoms with Gasteiger partial charge in [0.15, 0.2) is 0 Å². The van der Waals surface area contributed by atoms with Crippen LogP contribution in [-0.4, -0.2) is 15.6 Å². The second kappa shape index (κ2) is 4.62. The molecule has 0 unspecified atom stereocenters. The summed E-state index contributed by atoms with van der Waals surface area (Å²) in [5, 5.41) is 9.73. The molecule has 94 valence electrons. The van der Waals surface area contributed by atoms with Gasteiger partial charge in [-0.3, -0.25) is 9.59 Å². The summed E-state index contributed by atoms with van der Waals surface area (Å²) in [6.07, 6.45) is 0. The average Bonchev–Trinajstić information content (AvgIpc) is 2.37. The van der Waals surface area contributed by atoms with Crippen LogP contribution in [0.5, 0.6) is 0 Å². The number of hydrogen-bond donors (Lipinski definition) is 2. The van der Waals surface area contributed by atoms with Gasteiger partial charge in [0.05, 0.1) is 5.52 Å². The van der Waals surface area contributed by atoms with Gasteiger partial charge in [0, 0.05) is 12.1 Å². The molecule has 0 aliphatic rings. The van der Waals surface area contributed by atoms with Crippen LogP contribution in [-0.2, 0) is 11.3 Å². The third-order valence-electron chi connectivity index (χ3n) is 2.95. The number of carboxylic acids is 1. The van der Waals surface area contributed by atoms with Crippen molar-refractivity contribution in [2.75, 3.05) is 0 Å². The molecule has 0 spiro atoms. The minimum atomic E-state index is -1.29. The van der Waals surface area contributed by atoms with Crippen LogP contribution >= 0.6 is 0 Å². The molecule has 5 nitrogen and oxygen atoms in total. The lowest BCUT2D eigenvalue weighted by atomic mass is 10.1. The zero-order valence-electron chi connectivity index (χ0n) is 9.96. The standard InChI is InChI=1S/C13H14N2O3/c1-2-15-10-6-4-3-5-8(10)7-9(12(15)16)11(14)13(17)18/h3-7,11H,2,14H2,1H3,(H,17,18)/t11-/m1/s1. The van der Waals surface area contributed by atoms with E-state index in [0.717, 1.165) is 10.9 Å². The lowest BCUT2D eigenvalue weighted by Gasteiger charge is -2.13. The molecule has 0 fully saturated rings. The maximum absolute atomic E-state index is 12.2. The van der Waals surface area contributed by atoms with E-state index in [0.29, 0.717) is 6.54 Å². The smallest absolute Gasteiger partial charge is 0.325 e. The molecule has 18 heavy (non-hydrogen) atoms. The highest BCUT2D eigenvalue weighted by atomic mass is 16.4. The highest BCUT2D eigenvalue weighted by Crippen LogP contribution is 2.16. The largest absolute Gasteiger partial charge is 0.480 e. The Bertz CT molecular complexity index is 661. The first kappa shape index (κ1) is 12.3. The van der Waals surface area contributed by atoms with Gasteiger partial charge in [0.2, 0.25) is 0 Å². The number of carbonyl (C=O) groups is 1. The van der Waals surface area contributed by atoms with Crippen LogP contribution in [0.4, 0.5) is 0 Å². The van der Waals surface area contributed by atoms with Crippen molar-refractivity contribution in [3.05, 3.63) is 46.2 Å². The number of aryl methyl sites for hydroxylation is 1. The lowest BCUT2D eigenvalue weighted by molar-refractivity contribution is -0.138. The van der Waals surface area contributed by atoms with E-state index in [9.17, 15) is 9.59 Å². The van der Waals surface area contributed by atoms with Gasteiger partial charge in [-0.1, -0.05) is 18.2 Å². The van der Waals surface area contributed by atoms with E-state index in [1.54, 1.807) is 6.07 Å². The number of hydrogen-bond acceptors (Lipinski definition) is 3. The van der Waals surface area contributed by atoms with E-state index in [4.69, 9.17) is 10.8 Å². The summed E-state index contributed by atoms with van der Waals surface area (Å²) >= 11 is 0. The molecule has 0 amide bonds. The van der Waals surface area contributed by atoms with Gasteiger partial charge in [0.25, 0.3) is 5.56 Å². The second-order valence-electron chi connectivity index (χ2n) is 4.02. The third-order valence-corrected chi connectivity index (χ3v) is 2.95. The molecule has 1 aromatic carbocycles. The summed E-state index contributed by atoms with van der Waals surface area (Å²) < 4.78 is 1.54. The summed E-state index contributed by atoms with van der Waals surface area (Å²) in [6, 6.07) is 7.60. The average molecular weight is 246 g/mol. The number of fused-ring (bicyclic) bond motifs is 1. The van der Waals surface area contributed by atoms with E-state index in [2.05, 4.69) is 0 Å². The lowest BCUT2D eigenvalue weighted by Crippen LogP contribution is -2.32. The Balaban J connectivity index is 2.81. The van der Waals surface area contributed by atoms with Gasteiger partial charge in [-0.15, -0.1) is 0 Å². The number of benzene rings is 1. The SMILES string of the molecule is CCn1c(=O)c([C@@H](N)C(=O)O)cc2ccccc21. The van der Waals surface area contributed by atoms with Crippen LogP contribution in [0.1, 0.15) is 18.5 Å². The molecule has 1 aromatic heterocycles. The Kier molecular flexibility index (Phi) is 3.16. The molecule has 0 saturated carbocycles. The highest BCUT2D eigenvalue weighted by Gasteiger charge is 2.20. The minimum absolute atomic E-state index is 0.114. The topological polar surface area (TPSA) is 85.3 Å². The molecule has 2 rings (SSSR count). The van der Waals surface area contributed by atoms with Crippen molar-refractivity contribution in [1.82, 2.24) is 4.57 Å². The summed E-state index contributed by atoms with van der Waals surface area (Å²) in [5.74, 6) is -1.20. The van der Waals surface area contributed by atoms with Gasteiger partial charge >= 0.3 is 5.97 Å². The Morgan fingerprint density at radius 1 is 1.44 bits per heavy atom. The quantitative estimate of drug-likeness (QED) is 0.849. The molecule has 1 atom stereocenters. The summed E-state index contributed by atoms with van der Waals surface area (Å²) in [6.45, 7) is 2.31. The fraction of sp³-hybridized carbons (Fsp3) is 0.231. The maximum atomic E-state index is 12.2. The number of pyridine rings is 1. The van der Waals surface area contributed by atoms with Crippen LogP contribution in [0.25, 0.3) is 10.9 Å². The number of aromatic nitrogens is 1. The summed E-state index contributed by atoms with van der Waals surface area (Å²) in [4.78, 5) is 23.1. The van der Waals surface area contributed by atoms with E-state index in [1.165, 1.54) is 4.57 Å². The molecular weight excluding hydrogens is 232 g/mol. The third kappa shape index (κ3) is 1.89. The summed E-state index contributed by atoms with van der Waals surface area (Å²) in [5.41, 5.74) is 6.10. The van der Waals surface area contributed by atoms with Crippen LogP contribution in [0, 0.1) is 0 Å². The van der Waals surface area contributed by atoms with E-state index in [1.807, 2.05) is 31.2 Å². The molecule has 3 N–H and O–H groups in total. The molecule has 0 aliphatic heterocycles. The van der Waals surface area contributed by atoms with Crippen molar-refractivity contribution in [2.45, 2.75) is 19.5 Å². The first-order chi connectivity index (χ1) is 8.56. The van der Waals surface area contributed by atoms with Crippen molar-refractivity contribution in [2.24, 2.45) is 5.73 Å². The van der Waals surface area contributed by atoms with Gasteiger partial charge in [-0.05, 0) is 24.4 Å². The van der Waals surface area contributed by atoms with Gasteiger partial charge < -0.3 is 15.4 Å². The zero-order valence-corrected chi connectivity index (χ0v) is 9.96. The Labute approximate surface area is 103 Å². The fourth-order valence-corrected chi connectivity index (χ4v) is 2.02. The van der Waals surface area contributed by atoms with Crippen molar-refractivity contribution in [1.29, 1.82) is 0 Å². The molecule has 0 bridgehead atoms. The van der Waals surface area contributed by atoms with Crippen molar-refractivity contribution < 1.29 is 9.90 Å². The number of aliphatic carboxylic acids is 1. The number of para-hydroxylation sites is 1. The molecule has 0 aliphatic carbocycles. The first-order valence-electron chi connectivity index (χ1n) is 5.67. The van der Waals surface area contributed by atoms with Crippen molar-refractivity contribution >= 4 is 16.9 Å². The first-order valence-corrected chi connectivity index (χ1v) is 5.67. The predicted molar refractivity (Wildman–Crippen MR) is 68.4 cm³/mol. The molecular formula is C13H14N2O3. The fourth-order valence-electron chi connectivity index (χ4n) is 2.02. The van der Waals surface area contributed by atoms with E-state index in [-0.39, 0.29) is 11.1 Å². The Hall–Kier alpha value is -2.14. The second-order valence-corrected chi connectivity index (χ2v) is 4.02. The number of rotatable bonds is 3. The summed E-state index contributed by atoms with van der Waals surface area (Å²) in [7, 11) is 0. The zero-order chi connectivity index (χ0) is 13.3. The van der Waals surface area contributed by atoms with Gasteiger partial charge in [-0.2, -0.15) is 0 Å². The van der Waals surface area contributed by atoms with Crippen LogP contribution < -0.4 is 11.3 Å². The Morgan fingerprint density at radius 2 is 2.11 bits per heavy atom. The van der Waals surface area contributed by atoms with Gasteiger partial charge in [0.1, 0.15) is 6.04 Å². The van der Waals surface area contributed by atoms with Crippen molar-refractivity contribution in [3.63, 3.8) is 0 Å². The van der Waals surface area contributed by atoms with Crippen LogP contribution in [0.2, 0.25) is 0 Å². The number of nitrogens with two attached hydrogens (primary N) is 1. The van der Waals surface area contributed by atoms with Crippen LogP contribution in [0.3, 0.4) is 0 Å².